The number of halogens is 2. The minimum atomic E-state index is -0.557. The molecule has 7 heteroatoms. The Labute approximate surface area is 179 Å². The van der Waals surface area contributed by atoms with E-state index >= 15 is 0 Å². The lowest BCUT2D eigenvalue weighted by molar-refractivity contribution is -0.116. The Morgan fingerprint density at radius 2 is 1.97 bits per heavy atom. The molecular weight excluding hydrogens is 405 g/mol. The van der Waals surface area contributed by atoms with Crippen LogP contribution in [0.25, 0.3) is 16.8 Å². The number of aryl methyl sites for hydroxylation is 1. The van der Waals surface area contributed by atoms with E-state index in [4.69, 9.17) is 11.6 Å². The number of nitrogens with one attached hydrogen (secondary N) is 1. The summed E-state index contributed by atoms with van der Waals surface area (Å²) in [6.45, 7) is 3.98. The zero-order chi connectivity index (χ0) is 21.7. The van der Waals surface area contributed by atoms with Gasteiger partial charge in [0.05, 0.1) is 16.4 Å². The van der Waals surface area contributed by atoms with Crippen molar-refractivity contribution in [1.82, 2.24) is 9.78 Å². The molecule has 0 spiro atoms. The molecule has 2 aromatic carbocycles. The Hall–Kier alpha value is -2.99. The molecule has 1 amide bonds. The van der Waals surface area contributed by atoms with Crippen LogP contribution in [0, 0.1) is 5.82 Å². The van der Waals surface area contributed by atoms with Gasteiger partial charge < -0.3 is 5.32 Å². The van der Waals surface area contributed by atoms with Crippen molar-refractivity contribution >= 4 is 23.2 Å². The number of benzene rings is 2. The SMILES string of the molecule is CCCCC(=O)Nc1cccc(-c2cc(=O)n(-c3ccc(F)c(Cl)c3)nc2CC)c1. The Morgan fingerprint density at radius 3 is 2.67 bits per heavy atom. The number of rotatable bonds is 7. The van der Waals surface area contributed by atoms with Crippen LogP contribution in [0.15, 0.2) is 53.3 Å². The molecule has 0 atom stereocenters. The van der Waals surface area contributed by atoms with E-state index in [-0.39, 0.29) is 16.5 Å². The Bertz CT molecular complexity index is 1130. The van der Waals surface area contributed by atoms with Crippen LogP contribution < -0.4 is 10.9 Å². The van der Waals surface area contributed by atoms with Crippen molar-refractivity contribution in [2.75, 3.05) is 5.32 Å². The zero-order valence-electron chi connectivity index (χ0n) is 16.9. The number of carbonyl (C=O) groups excluding carboxylic acids is 1. The van der Waals surface area contributed by atoms with Crippen LogP contribution in [-0.2, 0) is 11.2 Å². The van der Waals surface area contributed by atoms with E-state index in [1.165, 1.54) is 28.9 Å². The number of anilines is 1. The minimum absolute atomic E-state index is 0.0357. The highest BCUT2D eigenvalue weighted by atomic mass is 35.5. The summed E-state index contributed by atoms with van der Waals surface area (Å²) in [7, 11) is 0. The van der Waals surface area contributed by atoms with E-state index in [2.05, 4.69) is 10.4 Å². The van der Waals surface area contributed by atoms with E-state index < -0.39 is 5.82 Å². The smallest absolute Gasteiger partial charge is 0.272 e. The summed E-state index contributed by atoms with van der Waals surface area (Å²) < 4.78 is 14.7. The summed E-state index contributed by atoms with van der Waals surface area (Å²) >= 11 is 5.85. The highest BCUT2D eigenvalue weighted by molar-refractivity contribution is 6.30. The molecule has 1 aromatic heterocycles. The predicted molar refractivity (Wildman–Crippen MR) is 118 cm³/mol. The van der Waals surface area contributed by atoms with Crippen LogP contribution >= 0.6 is 11.6 Å². The summed E-state index contributed by atoms with van der Waals surface area (Å²) in [4.78, 5) is 24.8. The number of unbranched alkanes of at least 4 members (excludes halogenated alkanes) is 1. The molecule has 30 heavy (non-hydrogen) atoms. The number of amides is 1. The second-order valence-corrected chi connectivity index (χ2v) is 7.35. The molecule has 5 nitrogen and oxygen atoms in total. The fraction of sp³-hybridized carbons (Fsp3) is 0.261. The van der Waals surface area contributed by atoms with Crippen molar-refractivity contribution in [2.45, 2.75) is 39.5 Å². The molecule has 156 valence electrons. The molecule has 1 N–H and O–H groups in total. The van der Waals surface area contributed by atoms with Crippen molar-refractivity contribution in [3.8, 4) is 16.8 Å². The summed E-state index contributed by atoms with van der Waals surface area (Å²) in [6, 6.07) is 12.9. The maximum atomic E-state index is 13.5. The van der Waals surface area contributed by atoms with Crippen LogP contribution in [0.3, 0.4) is 0 Å². The van der Waals surface area contributed by atoms with Gasteiger partial charge >= 0.3 is 0 Å². The fourth-order valence-electron chi connectivity index (χ4n) is 3.13. The van der Waals surface area contributed by atoms with Crippen molar-refractivity contribution < 1.29 is 9.18 Å². The largest absolute Gasteiger partial charge is 0.326 e. The molecular formula is C23H23ClFN3O2. The average molecular weight is 428 g/mol. The van der Waals surface area contributed by atoms with Gasteiger partial charge in [-0.2, -0.15) is 9.78 Å². The molecule has 0 radical (unpaired) electrons. The van der Waals surface area contributed by atoms with Crippen molar-refractivity contribution in [2.24, 2.45) is 0 Å². The number of hydrogen-bond acceptors (Lipinski definition) is 3. The molecule has 3 aromatic rings. The predicted octanol–water partition coefficient (Wildman–Crippen LogP) is 5.38. The van der Waals surface area contributed by atoms with Gasteiger partial charge in [-0.15, -0.1) is 0 Å². The third kappa shape index (κ3) is 4.94. The molecule has 0 saturated carbocycles. The zero-order valence-corrected chi connectivity index (χ0v) is 17.7. The highest BCUT2D eigenvalue weighted by Gasteiger charge is 2.13. The quantitative estimate of drug-likeness (QED) is 0.550. The second-order valence-electron chi connectivity index (χ2n) is 6.94. The van der Waals surface area contributed by atoms with Gasteiger partial charge in [-0.25, -0.2) is 4.39 Å². The maximum Gasteiger partial charge on any atom is 0.272 e. The summed E-state index contributed by atoms with van der Waals surface area (Å²) in [5.41, 5.74) is 2.88. The summed E-state index contributed by atoms with van der Waals surface area (Å²) in [5.74, 6) is -0.593. The van der Waals surface area contributed by atoms with Gasteiger partial charge in [-0.1, -0.05) is 44.0 Å². The van der Waals surface area contributed by atoms with E-state index in [1.54, 1.807) is 0 Å². The first kappa shape index (κ1) is 21.7. The summed E-state index contributed by atoms with van der Waals surface area (Å²) in [5, 5.41) is 7.30. The molecule has 0 unspecified atom stereocenters. The van der Waals surface area contributed by atoms with Gasteiger partial charge in [-0.3, -0.25) is 9.59 Å². The first-order valence-electron chi connectivity index (χ1n) is 9.92. The van der Waals surface area contributed by atoms with Crippen LogP contribution in [0.5, 0.6) is 0 Å². The maximum absolute atomic E-state index is 13.5. The van der Waals surface area contributed by atoms with Gasteiger partial charge in [0.15, 0.2) is 0 Å². The van der Waals surface area contributed by atoms with Crippen molar-refractivity contribution in [3.63, 3.8) is 0 Å². The van der Waals surface area contributed by atoms with Crippen LogP contribution in [0.1, 0.15) is 38.8 Å². The molecule has 0 aliphatic heterocycles. The molecule has 1 heterocycles. The van der Waals surface area contributed by atoms with Crippen LogP contribution in [0.2, 0.25) is 5.02 Å². The van der Waals surface area contributed by atoms with Crippen molar-refractivity contribution in [1.29, 1.82) is 0 Å². The monoisotopic (exact) mass is 427 g/mol. The van der Waals surface area contributed by atoms with Crippen LogP contribution in [0.4, 0.5) is 10.1 Å². The van der Waals surface area contributed by atoms with E-state index in [0.29, 0.717) is 35.5 Å². The lowest BCUT2D eigenvalue weighted by Gasteiger charge is -2.13. The van der Waals surface area contributed by atoms with Crippen molar-refractivity contribution in [3.05, 3.63) is 75.4 Å². The first-order valence-corrected chi connectivity index (χ1v) is 10.3. The highest BCUT2D eigenvalue weighted by Crippen LogP contribution is 2.25. The second kappa shape index (κ2) is 9.67. The van der Waals surface area contributed by atoms with Gasteiger partial charge in [0.1, 0.15) is 5.82 Å². The Balaban J connectivity index is 1.98. The van der Waals surface area contributed by atoms with Crippen LogP contribution in [-0.4, -0.2) is 15.7 Å². The molecule has 0 aliphatic carbocycles. The van der Waals surface area contributed by atoms with Gasteiger partial charge in [0, 0.05) is 23.7 Å². The normalized spacial score (nSPS) is 10.8. The van der Waals surface area contributed by atoms with E-state index in [9.17, 15) is 14.0 Å². The fourth-order valence-corrected chi connectivity index (χ4v) is 3.30. The van der Waals surface area contributed by atoms with Gasteiger partial charge in [0.25, 0.3) is 5.56 Å². The Kier molecular flexibility index (Phi) is 7.00. The first-order chi connectivity index (χ1) is 14.4. The third-order valence-electron chi connectivity index (χ3n) is 4.71. The van der Waals surface area contributed by atoms with E-state index in [1.807, 2.05) is 38.1 Å². The van der Waals surface area contributed by atoms with Gasteiger partial charge in [-0.05, 0) is 48.7 Å². The average Bonchev–Trinajstić information content (AvgIpc) is 2.74. The Morgan fingerprint density at radius 1 is 1.17 bits per heavy atom. The topological polar surface area (TPSA) is 64.0 Å². The lowest BCUT2D eigenvalue weighted by Crippen LogP contribution is -2.22. The third-order valence-corrected chi connectivity index (χ3v) is 5.00. The number of hydrogen-bond donors (Lipinski definition) is 1. The lowest BCUT2D eigenvalue weighted by atomic mass is 10.0. The summed E-state index contributed by atoms with van der Waals surface area (Å²) in [6.07, 6.45) is 2.84. The minimum Gasteiger partial charge on any atom is -0.326 e. The van der Waals surface area contributed by atoms with Gasteiger partial charge in [0.2, 0.25) is 5.91 Å². The molecule has 0 saturated heterocycles. The van der Waals surface area contributed by atoms with E-state index in [0.717, 1.165) is 18.4 Å². The molecule has 3 rings (SSSR count). The molecule has 0 aliphatic rings. The molecule has 0 fully saturated rings. The number of aromatic nitrogens is 2. The standard InChI is InChI=1S/C23H23ClFN3O2/c1-3-5-9-22(29)26-16-8-6-7-15(12-16)18-14-23(30)28(27-21(18)4-2)17-10-11-20(25)19(24)13-17/h6-8,10-14H,3-5,9H2,1-2H3,(H,26,29). The number of carbonyl (C=O) groups is 1. The number of nitrogens with zero attached hydrogens (tertiary/aromatic N) is 2. The molecule has 0 bridgehead atoms.